The number of amides is 2. The van der Waals surface area contributed by atoms with E-state index in [1.165, 1.54) is 24.0 Å². The van der Waals surface area contributed by atoms with Crippen LogP contribution in [0.4, 0.5) is 14.9 Å². The lowest BCUT2D eigenvalue weighted by Crippen LogP contribution is -2.52. The number of carbonyl (C=O) groups excluding carboxylic acids is 1. The first-order chi connectivity index (χ1) is 9.34. The molecule has 1 fully saturated rings. The standard InChI is InChI=1S/C13H14BrFN2O3/c1-13(11(18)19)5-2-6-17(13)12(20)16-10-4-3-8(14)7-9(10)15/h3-4,7H,2,5-6H2,1H3,(H,16,20)(H,18,19). The first kappa shape index (κ1) is 14.8. The minimum atomic E-state index is -1.24. The lowest BCUT2D eigenvalue weighted by molar-refractivity contribution is -0.146. The molecule has 5 nitrogen and oxygen atoms in total. The molecule has 2 amide bonds. The molecule has 2 N–H and O–H groups in total. The first-order valence-corrected chi connectivity index (χ1v) is 6.91. The van der Waals surface area contributed by atoms with Gasteiger partial charge in [-0.3, -0.25) is 0 Å². The van der Waals surface area contributed by atoms with Crippen molar-refractivity contribution < 1.29 is 19.1 Å². The van der Waals surface area contributed by atoms with Crippen LogP contribution >= 0.6 is 15.9 Å². The van der Waals surface area contributed by atoms with Crippen LogP contribution < -0.4 is 5.32 Å². The number of hydrogen-bond donors (Lipinski definition) is 2. The average Bonchev–Trinajstić information content (AvgIpc) is 2.76. The lowest BCUT2D eigenvalue weighted by atomic mass is 10.00. The Hall–Kier alpha value is -1.63. The molecule has 7 heteroatoms. The zero-order chi connectivity index (χ0) is 14.9. The highest BCUT2D eigenvalue weighted by molar-refractivity contribution is 9.10. The summed E-state index contributed by atoms with van der Waals surface area (Å²) in [6.07, 6.45) is 0.998. The van der Waals surface area contributed by atoms with Gasteiger partial charge in [-0.05, 0) is 38.0 Å². The summed E-state index contributed by atoms with van der Waals surface area (Å²) in [6, 6.07) is 3.65. The third-order valence-corrected chi connectivity index (χ3v) is 4.01. The first-order valence-electron chi connectivity index (χ1n) is 6.11. The molecule has 1 aliphatic rings. The van der Waals surface area contributed by atoms with E-state index in [0.29, 0.717) is 23.9 Å². The van der Waals surface area contributed by atoms with Crippen molar-refractivity contribution in [3.8, 4) is 0 Å². The van der Waals surface area contributed by atoms with Crippen molar-refractivity contribution in [1.29, 1.82) is 0 Å². The van der Waals surface area contributed by atoms with Gasteiger partial charge >= 0.3 is 12.0 Å². The monoisotopic (exact) mass is 344 g/mol. The van der Waals surface area contributed by atoms with Crippen molar-refractivity contribution in [2.45, 2.75) is 25.3 Å². The van der Waals surface area contributed by atoms with Crippen molar-refractivity contribution in [3.63, 3.8) is 0 Å². The van der Waals surface area contributed by atoms with Crippen molar-refractivity contribution >= 4 is 33.6 Å². The normalized spacial score (nSPS) is 21.9. The van der Waals surface area contributed by atoms with Crippen LogP contribution in [-0.2, 0) is 4.79 Å². The molecule has 0 saturated carbocycles. The van der Waals surface area contributed by atoms with Gasteiger partial charge in [0.2, 0.25) is 0 Å². The molecule has 108 valence electrons. The van der Waals surface area contributed by atoms with Crippen molar-refractivity contribution in [1.82, 2.24) is 4.90 Å². The molecule has 1 unspecified atom stereocenters. The van der Waals surface area contributed by atoms with E-state index < -0.39 is 23.4 Å². The van der Waals surface area contributed by atoms with Gasteiger partial charge in [0.25, 0.3) is 0 Å². The van der Waals surface area contributed by atoms with Crippen molar-refractivity contribution in [2.75, 3.05) is 11.9 Å². The maximum atomic E-state index is 13.7. The summed E-state index contributed by atoms with van der Waals surface area (Å²) in [5, 5.41) is 11.7. The molecular formula is C13H14BrFN2O3. The van der Waals surface area contributed by atoms with Crippen LogP contribution in [0.2, 0.25) is 0 Å². The molecule has 0 spiro atoms. The topological polar surface area (TPSA) is 69.6 Å². The van der Waals surface area contributed by atoms with Crippen LogP contribution in [0.5, 0.6) is 0 Å². The largest absolute Gasteiger partial charge is 0.480 e. The second kappa shape index (κ2) is 5.40. The molecular weight excluding hydrogens is 331 g/mol. The maximum absolute atomic E-state index is 13.7. The minimum Gasteiger partial charge on any atom is -0.480 e. The molecule has 0 aliphatic carbocycles. The fourth-order valence-corrected chi connectivity index (χ4v) is 2.62. The van der Waals surface area contributed by atoms with Gasteiger partial charge in [0.1, 0.15) is 11.4 Å². The Kier molecular flexibility index (Phi) is 3.99. The van der Waals surface area contributed by atoms with E-state index in [2.05, 4.69) is 21.2 Å². The second-order valence-electron chi connectivity index (χ2n) is 4.89. The van der Waals surface area contributed by atoms with Crippen LogP contribution in [0.3, 0.4) is 0 Å². The van der Waals surface area contributed by atoms with E-state index in [4.69, 9.17) is 0 Å². The maximum Gasteiger partial charge on any atom is 0.329 e. The number of aliphatic carboxylic acids is 1. The Bertz CT molecular complexity index is 567. The molecule has 1 aliphatic heterocycles. The van der Waals surface area contributed by atoms with Gasteiger partial charge in [0.15, 0.2) is 0 Å². The SMILES string of the molecule is CC1(C(=O)O)CCCN1C(=O)Nc1ccc(Br)cc1F. The Morgan fingerprint density at radius 3 is 2.80 bits per heavy atom. The number of hydrogen-bond acceptors (Lipinski definition) is 2. The second-order valence-corrected chi connectivity index (χ2v) is 5.80. The Balaban J connectivity index is 2.18. The van der Waals surface area contributed by atoms with Gasteiger partial charge in [-0.15, -0.1) is 0 Å². The number of urea groups is 1. The predicted octanol–water partition coefficient (Wildman–Crippen LogP) is 3.06. The predicted molar refractivity (Wildman–Crippen MR) is 75.1 cm³/mol. The highest BCUT2D eigenvalue weighted by Gasteiger charge is 2.46. The Morgan fingerprint density at radius 2 is 2.20 bits per heavy atom. The summed E-state index contributed by atoms with van der Waals surface area (Å²) < 4.78 is 14.2. The van der Waals surface area contributed by atoms with Crippen LogP contribution in [-0.4, -0.2) is 34.1 Å². The van der Waals surface area contributed by atoms with Crippen LogP contribution in [0.25, 0.3) is 0 Å². The summed E-state index contributed by atoms with van der Waals surface area (Å²) in [6.45, 7) is 1.84. The number of nitrogens with zero attached hydrogens (tertiary/aromatic N) is 1. The molecule has 1 atom stereocenters. The van der Waals surface area contributed by atoms with Crippen molar-refractivity contribution in [2.24, 2.45) is 0 Å². The lowest BCUT2D eigenvalue weighted by Gasteiger charge is -2.31. The van der Waals surface area contributed by atoms with E-state index in [1.54, 1.807) is 6.07 Å². The Labute approximate surface area is 123 Å². The zero-order valence-corrected chi connectivity index (χ0v) is 12.4. The highest BCUT2D eigenvalue weighted by atomic mass is 79.9. The van der Waals surface area contributed by atoms with Crippen molar-refractivity contribution in [3.05, 3.63) is 28.5 Å². The number of likely N-dealkylation sites (tertiary alicyclic amines) is 1. The third kappa shape index (κ3) is 2.63. The quantitative estimate of drug-likeness (QED) is 0.866. The summed E-state index contributed by atoms with van der Waals surface area (Å²) in [4.78, 5) is 24.7. The number of benzene rings is 1. The van der Waals surface area contributed by atoms with Crippen LogP contribution in [0.1, 0.15) is 19.8 Å². The summed E-state index contributed by atoms with van der Waals surface area (Å²) in [7, 11) is 0. The minimum absolute atomic E-state index is 0.0258. The Morgan fingerprint density at radius 1 is 1.50 bits per heavy atom. The van der Waals surface area contributed by atoms with Gasteiger partial charge in [-0.1, -0.05) is 15.9 Å². The zero-order valence-electron chi connectivity index (χ0n) is 10.8. The molecule has 0 bridgehead atoms. The molecule has 0 aromatic heterocycles. The van der Waals surface area contributed by atoms with Crippen LogP contribution in [0.15, 0.2) is 22.7 Å². The number of rotatable bonds is 2. The fraction of sp³-hybridized carbons (Fsp3) is 0.385. The number of anilines is 1. The van der Waals surface area contributed by atoms with Gasteiger partial charge < -0.3 is 15.3 Å². The van der Waals surface area contributed by atoms with E-state index in [9.17, 15) is 19.1 Å². The smallest absolute Gasteiger partial charge is 0.329 e. The van der Waals surface area contributed by atoms with E-state index in [-0.39, 0.29) is 5.69 Å². The van der Waals surface area contributed by atoms with Gasteiger partial charge in [-0.2, -0.15) is 0 Å². The molecule has 1 heterocycles. The van der Waals surface area contributed by atoms with E-state index in [0.717, 1.165) is 0 Å². The summed E-state index contributed by atoms with van der Waals surface area (Å²) in [5.74, 6) is -1.63. The molecule has 1 aromatic carbocycles. The number of carboxylic acid groups (broad SMARTS) is 1. The highest BCUT2D eigenvalue weighted by Crippen LogP contribution is 2.30. The third-order valence-electron chi connectivity index (χ3n) is 3.52. The molecule has 2 rings (SSSR count). The number of carboxylic acids is 1. The van der Waals surface area contributed by atoms with Crippen LogP contribution in [0, 0.1) is 5.82 Å². The average molecular weight is 345 g/mol. The molecule has 20 heavy (non-hydrogen) atoms. The number of nitrogens with one attached hydrogen (secondary N) is 1. The number of carbonyl (C=O) groups is 2. The molecule has 1 aromatic rings. The van der Waals surface area contributed by atoms with Gasteiger partial charge in [-0.25, -0.2) is 14.0 Å². The molecule has 0 radical (unpaired) electrons. The van der Waals surface area contributed by atoms with Gasteiger partial charge in [0, 0.05) is 11.0 Å². The summed E-state index contributed by atoms with van der Waals surface area (Å²) in [5.41, 5.74) is -1.21. The summed E-state index contributed by atoms with van der Waals surface area (Å²) >= 11 is 3.13. The number of halogens is 2. The molecule has 1 saturated heterocycles. The van der Waals surface area contributed by atoms with Gasteiger partial charge in [0.05, 0.1) is 5.69 Å². The van der Waals surface area contributed by atoms with E-state index >= 15 is 0 Å². The van der Waals surface area contributed by atoms with E-state index in [1.807, 2.05) is 0 Å². The fourth-order valence-electron chi connectivity index (χ4n) is 2.28.